The van der Waals surface area contributed by atoms with Gasteiger partial charge in [-0.15, -0.1) is 0 Å². The van der Waals surface area contributed by atoms with E-state index in [0.717, 1.165) is 0 Å². The van der Waals surface area contributed by atoms with Gasteiger partial charge in [-0.25, -0.2) is 4.39 Å². The van der Waals surface area contributed by atoms with Gasteiger partial charge in [0.25, 0.3) is 5.91 Å². The summed E-state index contributed by atoms with van der Waals surface area (Å²) in [6.07, 6.45) is 3.39. The maximum absolute atomic E-state index is 13.7. The van der Waals surface area contributed by atoms with Crippen molar-refractivity contribution >= 4 is 45.8 Å². The van der Waals surface area contributed by atoms with Crippen LogP contribution in [0.1, 0.15) is 11.3 Å². The summed E-state index contributed by atoms with van der Waals surface area (Å²) in [6.45, 7) is 0. The molecule has 0 unspecified atom stereocenters. The van der Waals surface area contributed by atoms with E-state index in [2.05, 4.69) is 10.3 Å². The quantitative estimate of drug-likeness (QED) is 0.617. The number of carbonyl (C=O) groups is 1. The van der Waals surface area contributed by atoms with Crippen molar-refractivity contribution in [3.8, 4) is 5.75 Å². The lowest BCUT2D eigenvalue weighted by Crippen LogP contribution is -2.03. The van der Waals surface area contributed by atoms with Gasteiger partial charge < -0.3 is 15.0 Å². The first-order valence-corrected chi connectivity index (χ1v) is 6.92. The maximum atomic E-state index is 13.7. The molecule has 0 aliphatic carbocycles. The summed E-state index contributed by atoms with van der Waals surface area (Å²) < 4.78 is 19.3. The fraction of sp³-hybridized carbons (Fsp3) is 0.0714. The normalized spacial score (nSPS) is 15.3. The molecule has 0 saturated heterocycles. The summed E-state index contributed by atoms with van der Waals surface area (Å²) in [5.74, 6) is 0.0375. The van der Waals surface area contributed by atoms with Gasteiger partial charge in [0, 0.05) is 11.8 Å². The Labute approximate surface area is 128 Å². The highest BCUT2D eigenvalue weighted by molar-refractivity contribution is 14.1. The van der Waals surface area contributed by atoms with Crippen LogP contribution in [0.15, 0.2) is 24.4 Å². The first-order chi connectivity index (χ1) is 9.61. The number of aromatic nitrogens is 1. The van der Waals surface area contributed by atoms with Crippen molar-refractivity contribution in [3.63, 3.8) is 0 Å². The highest BCUT2D eigenvalue weighted by Crippen LogP contribution is 2.38. The van der Waals surface area contributed by atoms with Crippen molar-refractivity contribution in [3.05, 3.63) is 45.0 Å². The molecule has 1 aromatic carbocycles. The highest BCUT2D eigenvalue weighted by Gasteiger charge is 2.28. The third-order valence-corrected chi connectivity index (χ3v) is 4.16. The van der Waals surface area contributed by atoms with Crippen molar-refractivity contribution in [1.29, 1.82) is 0 Å². The number of methoxy groups -OCH3 is 1. The molecule has 102 valence electrons. The van der Waals surface area contributed by atoms with Crippen LogP contribution in [-0.2, 0) is 4.79 Å². The van der Waals surface area contributed by atoms with Crippen LogP contribution in [0.2, 0.25) is 0 Å². The molecule has 1 aliphatic rings. The van der Waals surface area contributed by atoms with Gasteiger partial charge >= 0.3 is 0 Å². The smallest absolute Gasteiger partial charge is 0.256 e. The molecule has 2 aromatic rings. The van der Waals surface area contributed by atoms with Crippen LogP contribution in [0.3, 0.4) is 0 Å². The lowest BCUT2D eigenvalue weighted by molar-refractivity contribution is -0.110. The number of benzene rings is 1. The predicted octanol–water partition coefficient (Wildman–Crippen LogP) is 3.26. The summed E-state index contributed by atoms with van der Waals surface area (Å²) in [5.41, 5.74) is 2.31. The number of carbonyl (C=O) groups excluding carboxylic acids is 1. The number of halogens is 2. The van der Waals surface area contributed by atoms with Crippen LogP contribution in [-0.4, -0.2) is 18.0 Å². The van der Waals surface area contributed by atoms with Crippen molar-refractivity contribution in [1.82, 2.24) is 4.98 Å². The molecule has 0 fully saturated rings. The largest absolute Gasteiger partial charge is 0.495 e. The Kier molecular flexibility index (Phi) is 3.25. The summed E-state index contributed by atoms with van der Waals surface area (Å²) in [4.78, 5) is 15.1. The predicted molar refractivity (Wildman–Crippen MR) is 83.0 cm³/mol. The molecule has 0 saturated carbocycles. The monoisotopic (exact) mass is 384 g/mol. The van der Waals surface area contributed by atoms with E-state index in [4.69, 9.17) is 4.74 Å². The molecule has 6 heteroatoms. The number of H-pyrrole nitrogens is 1. The number of hydrogen-bond donors (Lipinski definition) is 2. The molecule has 0 bridgehead atoms. The molecule has 0 atom stereocenters. The van der Waals surface area contributed by atoms with Crippen LogP contribution in [0.4, 0.5) is 10.1 Å². The standard InChI is InChI=1S/C14H10FIN2O2/c1-20-11-4-5-17-10(11)6-7-12-9(18-14(7)19)3-2-8(15)13(12)16/h2-6,17H,1H3,(H,18,19). The van der Waals surface area contributed by atoms with E-state index >= 15 is 0 Å². The first kappa shape index (κ1) is 13.2. The Bertz CT molecular complexity index is 737. The van der Waals surface area contributed by atoms with E-state index in [-0.39, 0.29) is 11.7 Å². The molecule has 0 radical (unpaired) electrons. The first-order valence-electron chi connectivity index (χ1n) is 5.84. The Hall–Kier alpha value is -1.83. The lowest BCUT2D eigenvalue weighted by atomic mass is 10.1. The van der Waals surface area contributed by atoms with E-state index < -0.39 is 0 Å². The van der Waals surface area contributed by atoms with Gasteiger partial charge in [0.05, 0.1) is 27.6 Å². The summed E-state index contributed by atoms with van der Waals surface area (Å²) >= 11 is 1.91. The van der Waals surface area contributed by atoms with Gasteiger partial charge in [-0.05, 0) is 46.9 Å². The molecule has 1 amide bonds. The SMILES string of the molecule is COc1cc[nH]c1C=C1C(=O)Nc2ccc(F)c(I)c21. The number of hydrogen-bond acceptors (Lipinski definition) is 2. The second kappa shape index (κ2) is 4.93. The van der Waals surface area contributed by atoms with Crippen LogP contribution in [0.25, 0.3) is 11.6 Å². The van der Waals surface area contributed by atoms with Gasteiger partial charge in [0.2, 0.25) is 0 Å². The Morgan fingerprint density at radius 2 is 2.15 bits per heavy atom. The minimum atomic E-state index is -0.342. The second-order valence-electron chi connectivity index (χ2n) is 4.26. The van der Waals surface area contributed by atoms with Crippen LogP contribution >= 0.6 is 22.6 Å². The van der Waals surface area contributed by atoms with Gasteiger partial charge in [-0.3, -0.25) is 4.79 Å². The third-order valence-electron chi connectivity index (χ3n) is 3.10. The molecule has 1 aromatic heterocycles. The topological polar surface area (TPSA) is 54.1 Å². The van der Waals surface area contributed by atoms with E-state index in [1.54, 1.807) is 31.5 Å². The fourth-order valence-corrected chi connectivity index (χ4v) is 2.92. The van der Waals surface area contributed by atoms with Gasteiger partial charge in [0.1, 0.15) is 11.6 Å². The Morgan fingerprint density at radius 1 is 1.35 bits per heavy atom. The minimum absolute atomic E-state index is 0.250. The van der Waals surface area contributed by atoms with Gasteiger partial charge in [0.15, 0.2) is 0 Å². The molecule has 3 rings (SSSR count). The zero-order valence-corrected chi connectivity index (χ0v) is 12.6. The zero-order chi connectivity index (χ0) is 14.3. The van der Waals surface area contributed by atoms with Crippen LogP contribution < -0.4 is 10.1 Å². The maximum Gasteiger partial charge on any atom is 0.256 e. The highest BCUT2D eigenvalue weighted by atomic mass is 127. The number of ether oxygens (including phenoxy) is 1. The molecule has 20 heavy (non-hydrogen) atoms. The lowest BCUT2D eigenvalue weighted by Gasteiger charge is -2.03. The van der Waals surface area contributed by atoms with E-state index in [0.29, 0.717) is 31.8 Å². The molecular weight excluding hydrogens is 374 g/mol. The summed E-state index contributed by atoms with van der Waals surface area (Å²) in [6, 6.07) is 4.67. The minimum Gasteiger partial charge on any atom is -0.495 e. The van der Waals surface area contributed by atoms with E-state index in [1.165, 1.54) is 6.07 Å². The number of nitrogens with one attached hydrogen (secondary N) is 2. The average molecular weight is 384 g/mol. The number of anilines is 1. The third kappa shape index (κ3) is 2.00. The van der Waals surface area contributed by atoms with Crippen LogP contribution in [0.5, 0.6) is 5.75 Å². The fourth-order valence-electron chi connectivity index (χ4n) is 2.16. The molecule has 4 nitrogen and oxygen atoms in total. The van der Waals surface area contributed by atoms with Crippen LogP contribution in [0, 0.1) is 9.39 Å². The number of fused-ring (bicyclic) bond motifs is 1. The van der Waals surface area contributed by atoms with Crippen molar-refractivity contribution in [2.45, 2.75) is 0 Å². The summed E-state index contributed by atoms with van der Waals surface area (Å²) in [7, 11) is 1.55. The summed E-state index contributed by atoms with van der Waals surface area (Å²) in [5, 5.41) is 2.73. The van der Waals surface area contributed by atoms with Gasteiger partial charge in [-0.2, -0.15) is 0 Å². The molecular formula is C14H10FIN2O2. The number of amides is 1. The van der Waals surface area contributed by atoms with Crippen molar-refractivity contribution in [2.75, 3.05) is 12.4 Å². The van der Waals surface area contributed by atoms with Gasteiger partial charge in [-0.1, -0.05) is 0 Å². The molecule has 2 N–H and O–H groups in total. The van der Waals surface area contributed by atoms with Crippen molar-refractivity contribution in [2.24, 2.45) is 0 Å². The zero-order valence-electron chi connectivity index (χ0n) is 10.5. The molecule has 0 spiro atoms. The van der Waals surface area contributed by atoms with E-state index in [1.807, 2.05) is 22.6 Å². The molecule has 1 aliphatic heterocycles. The number of aromatic amines is 1. The molecule has 2 heterocycles. The Balaban J connectivity index is 2.17. The average Bonchev–Trinajstić information content (AvgIpc) is 3.00. The number of rotatable bonds is 2. The second-order valence-corrected chi connectivity index (χ2v) is 5.33. The van der Waals surface area contributed by atoms with Crippen molar-refractivity contribution < 1.29 is 13.9 Å². The van der Waals surface area contributed by atoms with E-state index in [9.17, 15) is 9.18 Å². The Morgan fingerprint density at radius 3 is 2.90 bits per heavy atom.